The Kier molecular flexibility index (Phi) is 5.00. The highest BCUT2D eigenvalue weighted by atomic mass is 35.5. The third-order valence-corrected chi connectivity index (χ3v) is 3.76. The molecular formula is C17H20ClN. The number of benzene rings is 2. The Labute approximate surface area is 120 Å². The topological polar surface area (TPSA) is 12.0 Å². The molecule has 0 saturated carbocycles. The van der Waals surface area contributed by atoms with Crippen molar-refractivity contribution < 1.29 is 0 Å². The van der Waals surface area contributed by atoms with E-state index in [1.54, 1.807) is 0 Å². The van der Waals surface area contributed by atoms with E-state index < -0.39 is 0 Å². The number of rotatable bonds is 5. The molecule has 0 aliphatic heterocycles. The van der Waals surface area contributed by atoms with E-state index in [4.69, 9.17) is 11.6 Å². The summed E-state index contributed by atoms with van der Waals surface area (Å²) in [6.07, 6.45) is 0.963. The lowest BCUT2D eigenvalue weighted by Gasteiger charge is -2.20. The Balaban J connectivity index is 2.27. The summed E-state index contributed by atoms with van der Waals surface area (Å²) in [5, 5.41) is 4.37. The van der Waals surface area contributed by atoms with Crippen LogP contribution in [0.4, 0.5) is 0 Å². The minimum atomic E-state index is 0.264. The van der Waals surface area contributed by atoms with Crippen molar-refractivity contribution in [1.29, 1.82) is 0 Å². The molecule has 2 heteroatoms. The maximum Gasteiger partial charge on any atom is 0.0453 e. The molecule has 0 saturated heterocycles. The number of likely N-dealkylation sites (N-methyl/N-ethyl adjacent to an activating group) is 1. The quantitative estimate of drug-likeness (QED) is 0.843. The van der Waals surface area contributed by atoms with E-state index in [0.29, 0.717) is 0 Å². The molecule has 0 fully saturated rings. The lowest BCUT2D eigenvalue weighted by atomic mass is 9.96. The van der Waals surface area contributed by atoms with Crippen LogP contribution in [0.2, 0.25) is 5.02 Å². The SMILES string of the molecule is CCNC(Cc1ccccc1C)c1ccccc1Cl. The van der Waals surface area contributed by atoms with Crippen molar-refractivity contribution in [2.24, 2.45) is 0 Å². The number of hydrogen-bond acceptors (Lipinski definition) is 1. The van der Waals surface area contributed by atoms with Crippen molar-refractivity contribution in [3.63, 3.8) is 0 Å². The molecule has 0 aromatic heterocycles. The lowest BCUT2D eigenvalue weighted by molar-refractivity contribution is 0.549. The van der Waals surface area contributed by atoms with Crippen LogP contribution in [0.5, 0.6) is 0 Å². The summed E-state index contributed by atoms with van der Waals surface area (Å²) in [7, 11) is 0. The van der Waals surface area contributed by atoms with Gasteiger partial charge in [-0.15, -0.1) is 0 Å². The molecule has 0 amide bonds. The second kappa shape index (κ2) is 6.74. The summed E-state index contributed by atoms with van der Waals surface area (Å²) >= 11 is 6.32. The first-order chi connectivity index (χ1) is 9.22. The normalized spacial score (nSPS) is 12.4. The third-order valence-electron chi connectivity index (χ3n) is 3.42. The molecule has 19 heavy (non-hydrogen) atoms. The molecule has 0 aliphatic carbocycles. The zero-order chi connectivity index (χ0) is 13.7. The first-order valence-electron chi connectivity index (χ1n) is 6.74. The summed E-state index contributed by atoms with van der Waals surface area (Å²) in [5.74, 6) is 0. The van der Waals surface area contributed by atoms with Crippen LogP contribution in [-0.2, 0) is 6.42 Å². The predicted molar refractivity (Wildman–Crippen MR) is 82.8 cm³/mol. The van der Waals surface area contributed by atoms with Crippen LogP contribution in [-0.4, -0.2) is 6.54 Å². The van der Waals surface area contributed by atoms with E-state index in [0.717, 1.165) is 18.0 Å². The maximum atomic E-state index is 6.32. The lowest BCUT2D eigenvalue weighted by Crippen LogP contribution is -2.23. The Morgan fingerprint density at radius 2 is 1.74 bits per heavy atom. The molecule has 1 atom stereocenters. The van der Waals surface area contributed by atoms with Gasteiger partial charge in [0.05, 0.1) is 0 Å². The smallest absolute Gasteiger partial charge is 0.0453 e. The highest BCUT2D eigenvalue weighted by molar-refractivity contribution is 6.31. The molecule has 0 aliphatic rings. The minimum absolute atomic E-state index is 0.264. The van der Waals surface area contributed by atoms with Crippen LogP contribution in [0.3, 0.4) is 0 Å². The molecule has 2 aromatic carbocycles. The number of nitrogens with one attached hydrogen (secondary N) is 1. The zero-order valence-electron chi connectivity index (χ0n) is 11.5. The van der Waals surface area contributed by atoms with E-state index >= 15 is 0 Å². The van der Waals surface area contributed by atoms with Gasteiger partial charge in [0.1, 0.15) is 0 Å². The fraction of sp³-hybridized carbons (Fsp3) is 0.294. The summed E-state index contributed by atoms with van der Waals surface area (Å²) in [4.78, 5) is 0. The van der Waals surface area contributed by atoms with Gasteiger partial charge >= 0.3 is 0 Å². The van der Waals surface area contributed by atoms with Crippen molar-refractivity contribution in [3.05, 3.63) is 70.2 Å². The standard InChI is InChI=1S/C17H20ClN/c1-3-19-17(15-10-6-7-11-16(15)18)12-14-9-5-4-8-13(14)2/h4-11,17,19H,3,12H2,1-2H3. The minimum Gasteiger partial charge on any atom is -0.310 e. The van der Waals surface area contributed by atoms with Gasteiger partial charge in [-0.3, -0.25) is 0 Å². The fourth-order valence-electron chi connectivity index (χ4n) is 2.36. The summed E-state index contributed by atoms with van der Waals surface area (Å²) in [6, 6.07) is 16.9. The van der Waals surface area contributed by atoms with Crippen LogP contribution < -0.4 is 5.32 Å². The van der Waals surface area contributed by atoms with Crippen LogP contribution >= 0.6 is 11.6 Å². The van der Waals surface area contributed by atoms with E-state index in [9.17, 15) is 0 Å². The summed E-state index contributed by atoms with van der Waals surface area (Å²) in [5.41, 5.74) is 3.88. The van der Waals surface area contributed by atoms with Crippen molar-refractivity contribution in [3.8, 4) is 0 Å². The number of aryl methyl sites for hydroxylation is 1. The molecule has 1 unspecified atom stereocenters. The number of hydrogen-bond donors (Lipinski definition) is 1. The van der Waals surface area contributed by atoms with Gasteiger partial charge in [0.25, 0.3) is 0 Å². The highest BCUT2D eigenvalue weighted by Gasteiger charge is 2.14. The van der Waals surface area contributed by atoms with Gasteiger partial charge in [0, 0.05) is 11.1 Å². The molecule has 0 radical (unpaired) electrons. The average Bonchev–Trinajstić information content (AvgIpc) is 2.41. The van der Waals surface area contributed by atoms with Crippen molar-refractivity contribution in [2.45, 2.75) is 26.3 Å². The van der Waals surface area contributed by atoms with Crippen molar-refractivity contribution in [2.75, 3.05) is 6.54 Å². The molecule has 1 nitrogen and oxygen atoms in total. The van der Waals surface area contributed by atoms with Crippen molar-refractivity contribution >= 4 is 11.6 Å². The van der Waals surface area contributed by atoms with E-state index in [1.165, 1.54) is 16.7 Å². The first kappa shape index (κ1) is 14.1. The summed E-state index contributed by atoms with van der Waals surface area (Å²) in [6.45, 7) is 5.22. The molecule has 1 N–H and O–H groups in total. The van der Waals surface area contributed by atoms with Crippen LogP contribution in [0, 0.1) is 6.92 Å². The number of halogens is 1. The molecule has 2 aromatic rings. The second-order valence-electron chi connectivity index (χ2n) is 4.76. The van der Waals surface area contributed by atoms with E-state index in [2.05, 4.69) is 49.5 Å². The highest BCUT2D eigenvalue weighted by Crippen LogP contribution is 2.26. The second-order valence-corrected chi connectivity index (χ2v) is 5.17. The Morgan fingerprint density at radius 1 is 1.05 bits per heavy atom. The molecular weight excluding hydrogens is 254 g/mol. The largest absolute Gasteiger partial charge is 0.310 e. The van der Waals surface area contributed by atoms with Crippen LogP contribution in [0.15, 0.2) is 48.5 Å². The van der Waals surface area contributed by atoms with Gasteiger partial charge in [0.2, 0.25) is 0 Å². The van der Waals surface area contributed by atoms with Gasteiger partial charge < -0.3 is 5.32 Å². The summed E-state index contributed by atoms with van der Waals surface area (Å²) < 4.78 is 0. The van der Waals surface area contributed by atoms with Crippen LogP contribution in [0.1, 0.15) is 29.7 Å². The predicted octanol–water partition coefficient (Wildman–Crippen LogP) is 4.54. The van der Waals surface area contributed by atoms with Gasteiger partial charge in [-0.05, 0) is 42.6 Å². The Bertz CT molecular complexity index is 536. The molecule has 0 bridgehead atoms. The molecule has 0 spiro atoms. The molecule has 2 rings (SSSR count). The van der Waals surface area contributed by atoms with Crippen LogP contribution in [0.25, 0.3) is 0 Å². The zero-order valence-corrected chi connectivity index (χ0v) is 12.2. The Hall–Kier alpha value is -1.31. The Morgan fingerprint density at radius 3 is 2.42 bits per heavy atom. The van der Waals surface area contributed by atoms with Gasteiger partial charge in [0.15, 0.2) is 0 Å². The van der Waals surface area contributed by atoms with Gasteiger partial charge in [-0.1, -0.05) is 61.0 Å². The van der Waals surface area contributed by atoms with E-state index in [1.807, 2.05) is 18.2 Å². The first-order valence-corrected chi connectivity index (χ1v) is 7.12. The molecule has 0 heterocycles. The van der Waals surface area contributed by atoms with Gasteiger partial charge in [-0.25, -0.2) is 0 Å². The fourth-order valence-corrected chi connectivity index (χ4v) is 2.62. The van der Waals surface area contributed by atoms with E-state index in [-0.39, 0.29) is 6.04 Å². The molecule has 100 valence electrons. The average molecular weight is 274 g/mol. The van der Waals surface area contributed by atoms with Crippen molar-refractivity contribution in [1.82, 2.24) is 5.32 Å². The van der Waals surface area contributed by atoms with Gasteiger partial charge in [-0.2, -0.15) is 0 Å². The third kappa shape index (κ3) is 3.59. The maximum absolute atomic E-state index is 6.32. The monoisotopic (exact) mass is 273 g/mol.